The predicted molar refractivity (Wildman–Crippen MR) is 538 cm³/mol. The molecule has 0 aliphatic carbocycles. The van der Waals surface area contributed by atoms with E-state index in [0.29, 0.717) is 125 Å². The first-order chi connectivity index (χ1) is 66.0. The Kier molecular flexibility index (Phi) is 43.6. The summed E-state index contributed by atoms with van der Waals surface area (Å²) in [5, 5.41) is 78.9. The second kappa shape index (κ2) is 53.8. The second-order valence-corrected chi connectivity index (χ2v) is 42.5. The number of hydrogen-bond acceptors (Lipinski definition) is 20. The van der Waals surface area contributed by atoms with Crippen molar-refractivity contribution in [3.63, 3.8) is 0 Å². The molecule has 0 spiro atoms. The zero-order chi connectivity index (χ0) is 100. The van der Waals surface area contributed by atoms with E-state index in [1.54, 1.807) is 135 Å². The molecule has 729 valence electrons. The summed E-state index contributed by atoms with van der Waals surface area (Å²) >= 11 is 15.4. The number of aliphatic hydroxyl groups excluding tert-OH is 3. The minimum Gasteiger partial charge on any atom is -0.437 e. The van der Waals surface area contributed by atoms with E-state index in [2.05, 4.69) is 144 Å². The van der Waals surface area contributed by atoms with Crippen molar-refractivity contribution in [2.24, 2.45) is 11.8 Å². The van der Waals surface area contributed by atoms with Crippen LogP contribution in [0.2, 0.25) is 28.6 Å². The number of halogens is 10. The van der Waals surface area contributed by atoms with Crippen molar-refractivity contribution in [2.75, 3.05) is 49.1 Å². The molecule has 0 bridgehead atoms. The van der Waals surface area contributed by atoms with Gasteiger partial charge in [0.1, 0.15) is 79.2 Å². The van der Waals surface area contributed by atoms with E-state index < -0.39 is 39.4 Å². The van der Waals surface area contributed by atoms with Crippen molar-refractivity contribution in [3.05, 3.63) is 312 Å². The van der Waals surface area contributed by atoms with Gasteiger partial charge in [-0.25, -0.2) is 50.5 Å². The van der Waals surface area contributed by atoms with Gasteiger partial charge in [0.25, 0.3) is 0 Å². The Morgan fingerprint density at radius 2 is 1.12 bits per heavy atom. The summed E-state index contributed by atoms with van der Waals surface area (Å²) in [6.07, 6.45) is 7.89. The second-order valence-electron chi connectivity index (χ2n) is 34.2. The Bertz CT molecular complexity index is 6150. The monoisotopic (exact) mass is 2130 g/mol. The maximum Gasteiger partial charge on any atom is 1.00 e. The molecule has 6 saturated heterocycles. The number of carbonyl (C=O) groups is 3. The van der Waals surface area contributed by atoms with Crippen LogP contribution in [0.3, 0.4) is 0 Å². The molecule has 13 aromatic rings. The summed E-state index contributed by atoms with van der Waals surface area (Å²) in [7, 11) is -1.48. The Labute approximate surface area is 851 Å². The fraction of sp³-hybridized carbons (Fsp3) is 0.360. The standard InChI is InChI=1S/C23H18FN5O.C16H14BrFN4O.C14H27BNO3Si.C12H17BFNO2.C11H14FN.C6H3BrClN3.C6H4BrF.C6H4F.C4H7NO2.C2H6.Li/c24-18-6-2-5-17(12-18)23-20(30)9-10-28(23)22-8-7-21-26-14-19(29(21)27-22)16-4-1-3-15(11-16)13-25;17-13-9-19-14-4-5-15(20-22(13)14)21-7-6-12(23)16(21)10-2-1-3-11(18)8-10;1-10(2)20(11(3)4,12(5)6)19-13-7-8-16(14(13)18)15-9-17;1-9-6-7-15(13(2)17)12(9,16)10-4-3-5-11(14)8-10;1-8-5-6-13-11(8)9-3-2-4-10(12)7-9;7-4-3-9-6-2-1-5(8)10-11(4)6;7-5-3-1-2-4-6(5)8;7-6-4-2-1-3-5-6;6-3-1-2-5-4(3)7;1-2;/h1-8,11-12,14,20,23,30H,9-10H2;1-5,8-9,12,16,23H,6-7H2;9-13H,7-8H2,1-6H3;3-5,8-9,16-17H,6-7H2,1-2H3;2-4,7-8,11,13H,5-6H2,1H3;1-3H;1-4H;1-2,4-5H;3,6H,1-2H2,(H,5,7);1-2H3;/q;;;;;;;-1;;;+1/t20-,23?;12-,16?;13-;9-,12?;8-,11?;;;;3-;;/m00000...0../s1. The Hall–Kier alpha value is -9.97. The van der Waals surface area contributed by atoms with Crippen molar-refractivity contribution in [3.8, 4) is 17.3 Å². The van der Waals surface area contributed by atoms with Crippen LogP contribution in [0.4, 0.5) is 38.0 Å². The number of anilines is 2. The largest absolute Gasteiger partial charge is 1.00 e. The Balaban J connectivity index is 0.000000181. The molecular formula is C100H114B2Br3ClF6LiN16O9Si. The SMILES string of the molecule is CB(O)N1CC[C@H](C)C1(O)c1cccc(F)c1.CC.CC(C)[Si](O[C@H]1CCN([B]C=O)C1=O)(C(C)C)C(C)C.C[C@H]1CCNC1c1cccc(F)c1.Clc1ccc2ncc(Br)n2n1.Fc1c[c-]ccc1.Fc1ccccc1Br.N#Cc1cccc(-c2cnc3ccc(N4CC[C@H](O)C4c4cccc(F)c4)nn23)c1.O=C1NCC[C@@H]1O.O[C@H]1CCN(c2ccc3ncc(Br)n3n2)C1c1cccc(F)c1.[Li+]. The molecule has 0 saturated carbocycles. The molecule has 19 rings (SSSR count). The number of aromatic nitrogens is 9. The van der Waals surface area contributed by atoms with Gasteiger partial charge in [-0.05, 0) is 255 Å². The predicted octanol–water partition coefficient (Wildman–Crippen LogP) is 16.4. The number of rotatable bonds is 15. The number of benzene rings is 7. The third-order valence-electron chi connectivity index (χ3n) is 24.3. The fourth-order valence-corrected chi connectivity index (χ4v) is 24.4. The number of nitrogens with one attached hydrogen (secondary N) is 2. The molecule has 6 aliphatic rings. The van der Waals surface area contributed by atoms with Gasteiger partial charge in [0, 0.05) is 55.1 Å². The fourth-order valence-electron chi connectivity index (χ4n) is 17.7. The average Bonchev–Trinajstić information content (AvgIpc) is 1.61. The number of fused-ring (bicyclic) bond motifs is 3. The number of nitriles is 1. The minimum absolute atomic E-state index is 0. The molecule has 1 radical (unpaired) electrons. The van der Waals surface area contributed by atoms with Gasteiger partial charge >= 0.3 is 33.3 Å². The van der Waals surface area contributed by atoms with E-state index in [4.69, 9.17) is 26.2 Å². The number of hydrogen-bond donors (Lipinski definition) is 7. The third-order valence-corrected chi connectivity index (χ3v) is 32.3. The molecule has 4 unspecified atom stereocenters. The van der Waals surface area contributed by atoms with Gasteiger partial charge < -0.3 is 59.9 Å². The summed E-state index contributed by atoms with van der Waals surface area (Å²) in [6.45, 7) is 27.1. The molecule has 10 atom stereocenters. The topological polar surface area (TPSA) is 313 Å². The quantitative estimate of drug-likeness (QED) is 0.0217. The van der Waals surface area contributed by atoms with Crippen molar-refractivity contribution in [2.45, 2.75) is 179 Å². The van der Waals surface area contributed by atoms with Gasteiger partial charge in [-0.15, -0.1) is 22.3 Å². The van der Waals surface area contributed by atoms with Crippen LogP contribution < -0.4 is 39.3 Å². The normalized spacial score (nSPS) is 20.1. The first-order valence-electron chi connectivity index (χ1n) is 45.6. The smallest absolute Gasteiger partial charge is 0.437 e. The number of amides is 2. The van der Waals surface area contributed by atoms with E-state index >= 15 is 0 Å². The van der Waals surface area contributed by atoms with E-state index in [1.807, 2.05) is 85.2 Å². The molecule has 7 N–H and O–H groups in total. The molecular weight excluding hydrogens is 2020 g/mol. The molecule has 39 heteroatoms. The van der Waals surface area contributed by atoms with E-state index in [1.165, 1.54) is 79.3 Å². The maximum atomic E-state index is 13.8. The van der Waals surface area contributed by atoms with Gasteiger partial charge in [-0.1, -0.05) is 154 Å². The first kappa shape index (κ1) is 113. The third kappa shape index (κ3) is 29.4. The van der Waals surface area contributed by atoms with Gasteiger partial charge in [0.05, 0.1) is 64.7 Å². The Morgan fingerprint density at radius 1 is 0.604 bits per heavy atom. The summed E-state index contributed by atoms with van der Waals surface area (Å²) < 4.78 is 91.3. The van der Waals surface area contributed by atoms with Crippen molar-refractivity contribution in [1.29, 1.82) is 5.26 Å². The van der Waals surface area contributed by atoms with Crippen LogP contribution in [0.1, 0.15) is 154 Å². The summed E-state index contributed by atoms with van der Waals surface area (Å²) in [5.41, 5.74) is 7.51. The van der Waals surface area contributed by atoms with Crippen LogP contribution in [0.5, 0.6) is 0 Å². The van der Waals surface area contributed by atoms with Gasteiger partial charge in [-0.2, -0.15) is 28.6 Å². The maximum absolute atomic E-state index is 13.8. The number of imidazole rings is 3. The van der Waals surface area contributed by atoms with Crippen LogP contribution in [0.15, 0.2) is 239 Å². The van der Waals surface area contributed by atoms with Crippen LogP contribution in [-0.2, 0) is 24.5 Å². The van der Waals surface area contributed by atoms with Crippen LogP contribution in [0.25, 0.3) is 28.2 Å². The zero-order valence-electron chi connectivity index (χ0n) is 79.4. The average molecular weight is 2130 g/mol. The molecule has 6 aliphatic heterocycles. The first-order valence-corrected chi connectivity index (χ1v) is 50.5. The van der Waals surface area contributed by atoms with Gasteiger partial charge in [0.15, 0.2) is 16.9 Å². The van der Waals surface area contributed by atoms with Crippen LogP contribution >= 0.6 is 59.4 Å². The molecule has 6 fully saturated rings. The van der Waals surface area contributed by atoms with E-state index in [0.717, 1.165) is 67.2 Å². The summed E-state index contributed by atoms with van der Waals surface area (Å²) in [6, 6.07) is 60.6. The minimum atomic E-state index is -2.04. The van der Waals surface area contributed by atoms with Crippen LogP contribution in [0, 0.1) is 64.1 Å². The van der Waals surface area contributed by atoms with E-state index in [-0.39, 0.29) is 89.7 Å². The molecule has 12 heterocycles. The zero-order valence-corrected chi connectivity index (χ0v) is 85.9. The number of nitrogens with zero attached hydrogens (tertiary/aromatic N) is 14. The van der Waals surface area contributed by atoms with Crippen molar-refractivity contribution < 1.29 is 89.5 Å². The number of aliphatic hydroxyl groups is 4. The van der Waals surface area contributed by atoms with Crippen LogP contribution in [-0.4, -0.2) is 183 Å². The number of carbonyl (C=O) groups excluding carboxylic acids is 3. The Morgan fingerprint density at radius 3 is 1.59 bits per heavy atom. The van der Waals surface area contributed by atoms with Crippen molar-refractivity contribution >= 4 is 129 Å². The molecule has 25 nitrogen and oxygen atoms in total. The van der Waals surface area contributed by atoms with E-state index in [9.17, 15) is 66.3 Å². The molecule has 2 amide bonds. The van der Waals surface area contributed by atoms with Gasteiger partial charge in [0.2, 0.25) is 20.1 Å². The van der Waals surface area contributed by atoms with Gasteiger partial charge in [-0.3, -0.25) is 18.8 Å². The molecule has 6 aromatic heterocycles. The molecule has 139 heavy (non-hydrogen) atoms. The summed E-state index contributed by atoms with van der Waals surface area (Å²) in [5.74, 6) is 0.0724. The van der Waals surface area contributed by atoms with Crippen molar-refractivity contribution in [1.82, 2.24) is 64.0 Å². The molecule has 7 aromatic carbocycles. The summed E-state index contributed by atoms with van der Waals surface area (Å²) in [4.78, 5) is 52.8.